The molecule has 30 heavy (non-hydrogen) atoms. The van der Waals surface area contributed by atoms with Crippen LogP contribution in [0, 0.1) is 24.6 Å². The van der Waals surface area contributed by atoms with Crippen molar-refractivity contribution in [2.24, 2.45) is 0 Å². The van der Waals surface area contributed by atoms with E-state index in [1.54, 1.807) is 35.8 Å². The molecule has 0 fully saturated rings. The van der Waals surface area contributed by atoms with Crippen LogP contribution in [0.15, 0.2) is 48.8 Å². The molecule has 1 atom stereocenters. The molecule has 0 radical (unpaired) electrons. The molecular weight excluding hydrogens is 401 g/mol. The zero-order valence-electron chi connectivity index (χ0n) is 16.3. The van der Waals surface area contributed by atoms with Crippen LogP contribution in [0.4, 0.5) is 9.52 Å². The van der Waals surface area contributed by atoms with Crippen LogP contribution >= 0.6 is 11.3 Å². The van der Waals surface area contributed by atoms with Gasteiger partial charge in [0.2, 0.25) is 0 Å². The van der Waals surface area contributed by atoms with Gasteiger partial charge in [-0.15, -0.1) is 11.3 Å². The van der Waals surface area contributed by atoms with Crippen molar-refractivity contribution in [1.82, 2.24) is 19.9 Å². The number of aromatic nitrogens is 3. The highest BCUT2D eigenvalue weighted by molar-refractivity contribution is 7.15. The molecule has 0 saturated carbocycles. The van der Waals surface area contributed by atoms with E-state index in [4.69, 9.17) is 5.73 Å². The van der Waals surface area contributed by atoms with E-state index in [0.717, 1.165) is 10.4 Å². The highest BCUT2D eigenvalue weighted by atomic mass is 32.1. The summed E-state index contributed by atoms with van der Waals surface area (Å²) in [4.78, 5) is 18.0. The third-order valence-electron chi connectivity index (χ3n) is 4.60. The number of halogens is 1. The lowest BCUT2D eigenvalue weighted by Gasteiger charge is -2.14. The van der Waals surface area contributed by atoms with Crippen molar-refractivity contribution < 1.29 is 9.18 Å². The number of aryl methyl sites for hydroxylation is 1. The number of thiazole rings is 1. The Morgan fingerprint density at radius 2 is 2.13 bits per heavy atom. The van der Waals surface area contributed by atoms with E-state index in [1.807, 2.05) is 13.0 Å². The maximum Gasteiger partial charge on any atom is 0.255 e. The van der Waals surface area contributed by atoms with Gasteiger partial charge in [-0.2, -0.15) is 5.10 Å². The molecule has 150 valence electrons. The summed E-state index contributed by atoms with van der Waals surface area (Å²) in [5, 5.41) is 7.60. The molecule has 1 amide bonds. The number of carbonyl (C=O) groups is 1. The highest BCUT2D eigenvalue weighted by Gasteiger charge is 2.16. The first-order valence-corrected chi connectivity index (χ1v) is 10.0. The molecule has 4 rings (SSSR count). The molecular formula is C22H18FN5OS. The molecule has 0 aliphatic rings. The minimum Gasteiger partial charge on any atom is -0.375 e. The van der Waals surface area contributed by atoms with Gasteiger partial charge in [-0.3, -0.25) is 4.79 Å². The Morgan fingerprint density at radius 1 is 1.30 bits per heavy atom. The molecule has 4 aromatic rings. The number of nitrogens with two attached hydrogens (primary N) is 1. The minimum absolute atomic E-state index is 0.296. The summed E-state index contributed by atoms with van der Waals surface area (Å²) in [6.07, 6.45) is 3.25. The average molecular weight is 419 g/mol. The molecule has 0 spiro atoms. The number of anilines is 1. The minimum atomic E-state index is -0.357. The average Bonchev–Trinajstić information content (AvgIpc) is 3.28. The summed E-state index contributed by atoms with van der Waals surface area (Å²) in [6.45, 7) is 3.72. The van der Waals surface area contributed by atoms with Crippen molar-refractivity contribution in [3.8, 4) is 11.8 Å². The normalized spacial score (nSPS) is 11.7. The first-order valence-electron chi connectivity index (χ1n) is 9.19. The molecule has 0 bridgehead atoms. The Hall–Kier alpha value is -3.70. The van der Waals surface area contributed by atoms with E-state index in [9.17, 15) is 9.18 Å². The Morgan fingerprint density at radius 3 is 2.87 bits per heavy atom. The number of benzene rings is 1. The van der Waals surface area contributed by atoms with Crippen LogP contribution in [0.5, 0.6) is 0 Å². The molecule has 3 N–H and O–H groups in total. The highest BCUT2D eigenvalue weighted by Crippen LogP contribution is 2.19. The molecule has 0 saturated heterocycles. The number of carbonyl (C=O) groups excluding carboxylic acids is 1. The Bertz CT molecular complexity index is 1310. The SMILES string of the molecule is Cc1sc(N)nc1C#Cc1ccn2ncc(C(=O)N[C@@H](C)c3cccc(F)c3)c2c1. The van der Waals surface area contributed by atoms with Gasteiger partial charge < -0.3 is 11.1 Å². The summed E-state index contributed by atoms with van der Waals surface area (Å²) in [5.41, 5.74) is 8.81. The number of fused-ring (bicyclic) bond motifs is 1. The third-order valence-corrected chi connectivity index (χ3v) is 5.40. The monoisotopic (exact) mass is 419 g/mol. The van der Waals surface area contributed by atoms with Crippen molar-refractivity contribution >= 4 is 27.9 Å². The van der Waals surface area contributed by atoms with Crippen molar-refractivity contribution in [3.63, 3.8) is 0 Å². The number of pyridine rings is 1. The second kappa shape index (κ2) is 7.97. The van der Waals surface area contributed by atoms with E-state index in [1.165, 1.54) is 29.7 Å². The maximum atomic E-state index is 13.5. The summed E-state index contributed by atoms with van der Waals surface area (Å²) in [5.74, 6) is 5.44. The van der Waals surface area contributed by atoms with Crippen LogP contribution in [-0.4, -0.2) is 20.5 Å². The smallest absolute Gasteiger partial charge is 0.255 e. The summed E-state index contributed by atoms with van der Waals surface area (Å²) >= 11 is 1.39. The molecule has 0 aliphatic heterocycles. The maximum absolute atomic E-state index is 13.5. The predicted molar refractivity (Wildman–Crippen MR) is 115 cm³/mol. The van der Waals surface area contributed by atoms with E-state index in [2.05, 4.69) is 27.2 Å². The van der Waals surface area contributed by atoms with Gasteiger partial charge in [0.1, 0.15) is 11.5 Å². The van der Waals surface area contributed by atoms with Gasteiger partial charge in [0.25, 0.3) is 5.91 Å². The lowest BCUT2D eigenvalue weighted by molar-refractivity contribution is 0.0941. The van der Waals surface area contributed by atoms with Crippen LogP contribution in [0.3, 0.4) is 0 Å². The number of rotatable bonds is 3. The first-order chi connectivity index (χ1) is 14.4. The molecule has 0 aliphatic carbocycles. The number of nitrogens with one attached hydrogen (secondary N) is 1. The van der Waals surface area contributed by atoms with E-state index in [-0.39, 0.29) is 17.8 Å². The molecule has 0 unspecified atom stereocenters. The van der Waals surface area contributed by atoms with E-state index in [0.29, 0.717) is 27.5 Å². The van der Waals surface area contributed by atoms with Gasteiger partial charge in [-0.05, 0) is 49.6 Å². The van der Waals surface area contributed by atoms with Gasteiger partial charge >= 0.3 is 0 Å². The van der Waals surface area contributed by atoms with Gasteiger partial charge in [-0.1, -0.05) is 18.1 Å². The van der Waals surface area contributed by atoms with Gasteiger partial charge in [0, 0.05) is 16.6 Å². The number of amides is 1. The first kappa shape index (κ1) is 19.6. The van der Waals surface area contributed by atoms with Crippen molar-refractivity contribution in [1.29, 1.82) is 0 Å². The molecule has 3 heterocycles. The molecule has 8 heteroatoms. The van der Waals surface area contributed by atoms with E-state index < -0.39 is 0 Å². The second-order valence-corrected chi connectivity index (χ2v) is 8.00. The number of hydrogen-bond acceptors (Lipinski definition) is 5. The number of hydrogen-bond donors (Lipinski definition) is 2. The molecule has 3 aromatic heterocycles. The van der Waals surface area contributed by atoms with Crippen LogP contribution in [0.1, 0.15) is 45.0 Å². The fourth-order valence-electron chi connectivity index (χ4n) is 3.03. The summed E-state index contributed by atoms with van der Waals surface area (Å²) in [7, 11) is 0. The predicted octanol–water partition coefficient (Wildman–Crippen LogP) is 3.71. The fourth-order valence-corrected chi connectivity index (χ4v) is 3.68. The Kier molecular flexibility index (Phi) is 5.21. The molecule has 6 nitrogen and oxygen atoms in total. The quantitative estimate of drug-likeness (QED) is 0.496. The Balaban J connectivity index is 1.60. The van der Waals surface area contributed by atoms with Gasteiger partial charge in [-0.25, -0.2) is 13.9 Å². The van der Waals surface area contributed by atoms with Crippen molar-refractivity contribution in [3.05, 3.63) is 81.9 Å². The number of nitrogens with zero attached hydrogens (tertiary/aromatic N) is 3. The van der Waals surface area contributed by atoms with Crippen molar-refractivity contribution in [2.45, 2.75) is 19.9 Å². The Labute approximate surface area is 176 Å². The van der Waals surface area contributed by atoms with Crippen molar-refractivity contribution in [2.75, 3.05) is 5.73 Å². The van der Waals surface area contributed by atoms with Gasteiger partial charge in [0.05, 0.1) is 23.3 Å². The van der Waals surface area contributed by atoms with Gasteiger partial charge in [0.15, 0.2) is 5.13 Å². The number of nitrogen functional groups attached to an aromatic ring is 1. The van der Waals surface area contributed by atoms with Crippen LogP contribution in [-0.2, 0) is 0 Å². The van der Waals surface area contributed by atoms with Crippen LogP contribution < -0.4 is 11.1 Å². The fraction of sp³-hybridized carbons (Fsp3) is 0.136. The molecule has 1 aromatic carbocycles. The standard InChI is InChI=1S/C22H18FN5OS/c1-13(16-4-3-5-17(23)11-16)26-21(29)18-12-25-28-9-8-15(10-20(18)28)6-7-19-14(2)30-22(24)27-19/h3-5,8-13H,1-2H3,(H2,24,27)(H,26,29)/t13-/m0/s1. The van der Waals surface area contributed by atoms with Crippen LogP contribution in [0.2, 0.25) is 0 Å². The zero-order valence-corrected chi connectivity index (χ0v) is 17.1. The topological polar surface area (TPSA) is 85.3 Å². The summed E-state index contributed by atoms with van der Waals surface area (Å²) in [6, 6.07) is 9.41. The van der Waals surface area contributed by atoms with Crippen LogP contribution in [0.25, 0.3) is 5.52 Å². The largest absolute Gasteiger partial charge is 0.375 e. The lowest BCUT2D eigenvalue weighted by Crippen LogP contribution is -2.26. The zero-order chi connectivity index (χ0) is 21.3. The second-order valence-electron chi connectivity index (χ2n) is 6.76. The summed E-state index contributed by atoms with van der Waals surface area (Å²) < 4.78 is 15.1. The lowest BCUT2D eigenvalue weighted by atomic mass is 10.1. The third kappa shape index (κ3) is 4.02. The van der Waals surface area contributed by atoms with E-state index >= 15 is 0 Å².